The van der Waals surface area contributed by atoms with Crippen molar-refractivity contribution in [1.29, 1.82) is 0 Å². The van der Waals surface area contributed by atoms with Crippen LogP contribution in [-0.4, -0.2) is 29.6 Å². The highest BCUT2D eigenvalue weighted by Gasteiger charge is 2.33. The molecule has 2 aromatic carbocycles. The summed E-state index contributed by atoms with van der Waals surface area (Å²) in [6.45, 7) is 3.25. The second-order valence-electron chi connectivity index (χ2n) is 8.96. The summed E-state index contributed by atoms with van der Waals surface area (Å²) in [6.07, 6.45) is -1.32. The third kappa shape index (κ3) is 6.51. The van der Waals surface area contributed by atoms with E-state index in [0.717, 1.165) is 37.1 Å². The molecule has 1 atom stereocenters. The Hall–Kier alpha value is -3.66. The number of amides is 1. The lowest BCUT2D eigenvalue weighted by Crippen LogP contribution is -2.42. The fourth-order valence-corrected chi connectivity index (χ4v) is 3.96. The molecule has 1 fully saturated rings. The minimum Gasteiger partial charge on any atom is -0.492 e. The van der Waals surface area contributed by atoms with Crippen LogP contribution in [0.25, 0.3) is 0 Å². The van der Waals surface area contributed by atoms with Gasteiger partial charge in [-0.2, -0.15) is 13.2 Å². The van der Waals surface area contributed by atoms with Gasteiger partial charge < -0.3 is 20.7 Å². The number of ether oxygens (including phenoxy) is 1. The molecular weight excluding hydrogens is 476 g/mol. The molecule has 36 heavy (non-hydrogen) atoms. The first-order valence-corrected chi connectivity index (χ1v) is 11.5. The lowest BCUT2D eigenvalue weighted by atomic mass is 10.0. The lowest BCUT2D eigenvalue weighted by Gasteiger charge is -2.25. The van der Waals surface area contributed by atoms with Crippen molar-refractivity contribution < 1.29 is 27.1 Å². The van der Waals surface area contributed by atoms with E-state index in [9.17, 15) is 22.4 Å². The fourth-order valence-electron chi connectivity index (χ4n) is 3.96. The number of benzene rings is 2. The quantitative estimate of drug-likeness (QED) is 0.349. The van der Waals surface area contributed by atoms with E-state index >= 15 is 0 Å². The van der Waals surface area contributed by atoms with Gasteiger partial charge in [-0.3, -0.25) is 4.79 Å². The van der Waals surface area contributed by atoms with Gasteiger partial charge in [-0.05, 0) is 68.3 Å². The number of carbonyl (C=O) groups excluding carboxylic acids is 1. The summed E-state index contributed by atoms with van der Waals surface area (Å²) < 4.78 is 59.5. The van der Waals surface area contributed by atoms with Crippen molar-refractivity contribution in [2.24, 2.45) is 0 Å². The average Bonchev–Trinajstić information content (AvgIpc) is 3.28. The summed E-state index contributed by atoms with van der Waals surface area (Å²) >= 11 is 0. The molecule has 0 aliphatic carbocycles. The maximum atomic E-state index is 13.6. The molecule has 190 valence electrons. The van der Waals surface area contributed by atoms with Crippen LogP contribution in [0.15, 0.2) is 60.8 Å². The van der Waals surface area contributed by atoms with Gasteiger partial charge in [0.25, 0.3) is 5.91 Å². The second kappa shape index (κ2) is 10.5. The van der Waals surface area contributed by atoms with Crippen molar-refractivity contribution in [3.8, 4) is 5.75 Å². The van der Waals surface area contributed by atoms with Crippen LogP contribution >= 0.6 is 0 Å². The molecule has 4 rings (SSSR count). The van der Waals surface area contributed by atoms with Gasteiger partial charge in [0, 0.05) is 30.0 Å². The van der Waals surface area contributed by atoms with Gasteiger partial charge in [0.2, 0.25) is 0 Å². The molecule has 1 aliphatic heterocycles. The molecule has 0 bridgehead atoms. The molecule has 2 heterocycles. The SMILES string of the molecule is C[C@]1(COc2cc(NC(=O)c3cccnc3NCc3ccc(F)cc3)cc(C(F)(F)F)c2)CCCN1. The van der Waals surface area contributed by atoms with E-state index < -0.39 is 17.6 Å². The van der Waals surface area contributed by atoms with Crippen molar-refractivity contribution in [1.82, 2.24) is 10.3 Å². The summed E-state index contributed by atoms with van der Waals surface area (Å²) in [5.74, 6) is -0.756. The van der Waals surface area contributed by atoms with Crippen LogP contribution in [0.4, 0.5) is 29.1 Å². The predicted molar refractivity (Wildman–Crippen MR) is 128 cm³/mol. The zero-order valence-electron chi connectivity index (χ0n) is 19.6. The Kier molecular flexibility index (Phi) is 7.44. The van der Waals surface area contributed by atoms with Gasteiger partial charge in [-0.25, -0.2) is 9.37 Å². The molecule has 3 N–H and O–H groups in total. The number of alkyl halides is 3. The van der Waals surface area contributed by atoms with E-state index in [0.29, 0.717) is 0 Å². The maximum absolute atomic E-state index is 13.6. The van der Waals surface area contributed by atoms with Crippen molar-refractivity contribution in [3.05, 3.63) is 83.3 Å². The molecule has 1 aliphatic rings. The Morgan fingerprint density at radius 3 is 2.64 bits per heavy atom. The van der Waals surface area contributed by atoms with Crippen molar-refractivity contribution >= 4 is 17.4 Å². The van der Waals surface area contributed by atoms with E-state index in [1.54, 1.807) is 18.2 Å². The van der Waals surface area contributed by atoms with Crippen molar-refractivity contribution in [2.45, 2.75) is 38.0 Å². The number of pyridine rings is 1. The lowest BCUT2D eigenvalue weighted by molar-refractivity contribution is -0.137. The summed E-state index contributed by atoms with van der Waals surface area (Å²) in [7, 11) is 0. The minimum atomic E-state index is -4.62. The Morgan fingerprint density at radius 2 is 1.94 bits per heavy atom. The van der Waals surface area contributed by atoms with Crippen LogP contribution in [0.2, 0.25) is 0 Å². The number of nitrogens with one attached hydrogen (secondary N) is 3. The Labute approximate surface area is 206 Å². The van der Waals surface area contributed by atoms with Crippen molar-refractivity contribution in [2.75, 3.05) is 23.8 Å². The Morgan fingerprint density at radius 1 is 1.17 bits per heavy atom. The van der Waals surface area contributed by atoms with Gasteiger partial charge >= 0.3 is 6.18 Å². The van der Waals surface area contributed by atoms with E-state index in [2.05, 4.69) is 20.9 Å². The third-order valence-electron chi connectivity index (χ3n) is 5.93. The normalized spacial score (nSPS) is 17.6. The number of anilines is 2. The first-order valence-electron chi connectivity index (χ1n) is 11.5. The van der Waals surface area contributed by atoms with E-state index in [1.165, 1.54) is 30.5 Å². The zero-order chi connectivity index (χ0) is 25.8. The van der Waals surface area contributed by atoms with Crippen LogP contribution in [-0.2, 0) is 12.7 Å². The first-order chi connectivity index (χ1) is 17.1. The number of rotatable bonds is 8. The van der Waals surface area contributed by atoms with Gasteiger partial charge in [0.1, 0.15) is 24.0 Å². The number of aromatic nitrogens is 1. The molecule has 0 saturated carbocycles. The highest BCUT2D eigenvalue weighted by atomic mass is 19.4. The molecule has 1 aromatic heterocycles. The fraction of sp³-hybridized carbons (Fsp3) is 0.308. The smallest absolute Gasteiger partial charge is 0.416 e. The van der Waals surface area contributed by atoms with Crippen LogP contribution in [0, 0.1) is 5.82 Å². The zero-order valence-corrected chi connectivity index (χ0v) is 19.6. The summed E-state index contributed by atoms with van der Waals surface area (Å²) in [5.41, 5.74) is -0.401. The molecular formula is C26H26F4N4O2. The first kappa shape index (κ1) is 25.4. The highest BCUT2D eigenvalue weighted by molar-refractivity contribution is 6.07. The molecule has 10 heteroatoms. The summed E-state index contributed by atoms with van der Waals surface area (Å²) in [6, 6.07) is 12.0. The average molecular weight is 503 g/mol. The molecule has 6 nitrogen and oxygen atoms in total. The Balaban J connectivity index is 1.51. The highest BCUT2D eigenvalue weighted by Crippen LogP contribution is 2.35. The minimum absolute atomic E-state index is 0.0101. The number of halogens is 4. The largest absolute Gasteiger partial charge is 0.492 e. The van der Waals surface area contributed by atoms with Crippen molar-refractivity contribution in [3.63, 3.8) is 0 Å². The summed E-state index contributed by atoms with van der Waals surface area (Å²) in [4.78, 5) is 17.2. The molecule has 1 amide bonds. The van der Waals surface area contributed by atoms with Crippen LogP contribution in [0.3, 0.4) is 0 Å². The van der Waals surface area contributed by atoms with E-state index in [-0.39, 0.29) is 47.3 Å². The standard InChI is InChI=1S/C26H26F4N4O2/c1-25(9-3-11-33-25)16-36-21-13-18(26(28,29)30)12-20(14-21)34-24(35)22-4-2-10-31-23(22)32-15-17-5-7-19(27)8-6-17/h2,4-8,10,12-14,33H,3,9,11,15-16H2,1H3,(H,31,32)(H,34,35)/t25-/m1/s1. The van der Waals surface area contributed by atoms with Gasteiger partial charge in [-0.15, -0.1) is 0 Å². The third-order valence-corrected chi connectivity index (χ3v) is 5.93. The topological polar surface area (TPSA) is 75.3 Å². The molecule has 0 radical (unpaired) electrons. The number of hydrogen-bond acceptors (Lipinski definition) is 5. The van der Waals surface area contributed by atoms with E-state index in [4.69, 9.17) is 4.74 Å². The predicted octanol–water partition coefficient (Wildman–Crippen LogP) is 5.62. The maximum Gasteiger partial charge on any atom is 0.416 e. The molecule has 0 unspecified atom stereocenters. The van der Waals surface area contributed by atoms with Crippen LogP contribution < -0.4 is 20.7 Å². The monoisotopic (exact) mass is 502 g/mol. The molecule has 0 spiro atoms. The summed E-state index contributed by atoms with van der Waals surface area (Å²) in [5, 5.41) is 8.84. The molecule has 3 aromatic rings. The number of nitrogens with zero attached hydrogens (tertiary/aromatic N) is 1. The van der Waals surface area contributed by atoms with E-state index in [1.807, 2.05) is 6.92 Å². The van der Waals surface area contributed by atoms with Gasteiger partial charge in [-0.1, -0.05) is 12.1 Å². The number of hydrogen-bond donors (Lipinski definition) is 3. The second-order valence-corrected chi connectivity index (χ2v) is 8.96. The van der Waals surface area contributed by atoms with Crippen LogP contribution in [0.1, 0.15) is 41.3 Å². The van der Waals surface area contributed by atoms with Gasteiger partial charge in [0.15, 0.2) is 0 Å². The Bertz CT molecular complexity index is 1210. The molecule has 1 saturated heterocycles. The van der Waals surface area contributed by atoms with Gasteiger partial charge in [0.05, 0.1) is 11.1 Å². The number of carbonyl (C=O) groups is 1. The van der Waals surface area contributed by atoms with Crippen LogP contribution in [0.5, 0.6) is 5.75 Å².